The number of nitrogens with one attached hydrogen (secondary N) is 1. The van der Waals surface area contributed by atoms with E-state index in [9.17, 15) is 26.4 Å². The number of carbonyl (C=O) groups excluding carboxylic acids is 1. The Hall–Kier alpha value is -2.92. The van der Waals surface area contributed by atoms with Gasteiger partial charge in [-0.25, -0.2) is 8.42 Å². The number of aryl methyl sites for hydroxylation is 1. The minimum absolute atomic E-state index is 0.0157. The standard InChI is InChI=1S/C26H25ClF3N3O3S/c1-18-5-8-22(9-6-18)37(35,36)33-13-11-32(12-14-33)17-19-3-2-4-20(15-19)25(34)31-21-7-10-24(27)23(16-21)26(28,29)30/h2-10,15-16H,11-14,17H2,1H3,(H,31,34). The molecule has 0 aromatic heterocycles. The summed E-state index contributed by atoms with van der Waals surface area (Å²) in [5, 5.41) is 2.04. The van der Waals surface area contributed by atoms with Crippen molar-refractivity contribution in [3.05, 3.63) is 94.0 Å². The maximum absolute atomic E-state index is 13.1. The van der Waals surface area contributed by atoms with Crippen LogP contribution in [-0.4, -0.2) is 49.7 Å². The molecular formula is C26H25ClF3N3O3S. The molecule has 4 rings (SSSR count). The predicted molar refractivity (Wildman–Crippen MR) is 136 cm³/mol. The summed E-state index contributed by atoms with van der Waals surface area (Å²) in [6, 6.07) is 16.8. The smallest absolute Gasteiger partial charge is 0.322 e. The molecule has 0 aliphatic carbocycles. The van der Waals surface area contributed by atoms with Gasteiger partial charge in [-0.3, -0.25) is 9.69 Å². The Kier molecular flexibility index (Phi) is 7.94. The molecule has 0 atom stereocenters. The molecule has 3 aromatic carbocycles. The van der Waals surface area contributed by atoms with E-state index in [-0.39, 0.29) is 10.6 Å². The highest BCUT2D eigenvalue weighted by Gasteiger charge is 2.33. The third kappa shape index (κ3) is 6.51. The van der Waals surface area contributed by atoms with Gasteiger partial charge in [-0.05, 0) is 55.0 Å². The number of alkyl halides is 3. The van der Waals surface area contributed by atoms with E-state index in [1.807, 2.05) is 13.0 Å². The van der Waals surface area contributed by atoms with E-state index >= 15 is 0 Å². The number of hydrogen-bond acceptors (Lipinski definition) is 4. The Bertz CT molecular complexity index is 1390. The molecule has 1 saturated heterocycles. The quantitative estimate of drug-likeness (QED) is 0.444. The number of anilines is 1. The number of piperazine rings is 1. The highest BCUT2D eigenvalue weighted by Crippen LogP contribution is 2.36. The fourth-order valence-electron chi connectivity index (χ4n) is 4.08. The molecule has 1 aliphatic rings. The molecule has 11 heteroatoms. The van der Waals surface area contributed by atoms with Crippen LogP contribution >= 0.6 is 11.6 Å². The van der Waals surface area contributed by atoms with Crippen LogP contribution < -0.4 is 5.32 Å². The van der Waals surface area contributed by atoms with Crippen LogP contribution in [0.15, 0.2) is 71.6 Å². The van der Waals surface area contributed by atoms with E-state index in [1.165, 1.54) is 10.4 Å². The number of carbonyl (C=O) groups is 1. The first kappa shape index (κ1) is 27.1. The van der Waals surface area contributed by atoms with Gasteiger partial charge in [0.2, 0.25) is 10.0 Å². The minimum Gasteiger partial charge on any atom is -0.322 e. The van der Waals surface area contributed by atoms with Crippen molar-refractivity contribution in [1.82, 2.24) is 9.21 Å². The first-order chi connectivity index (χ1) is 17.4. The van der Waals surface area contributed by atoms with Crippen molar-refractivity contribution < 1.29 is 26.4 Å². The molecule has 1 aliphatic heterocycles. The number of hydrogen-bond donors (Lipinski definition) is 1. The van der Waals surface area contributed by atoms with Gasteiger partial charge in [0.1, 0.15) is 0 Å². The lowest BCUT2D eigenvalue weighted by Crippen LogP contribution is -2.48. The van der Waals surface area contributed by atoms with Crippen molar-refractivity contribution in [2.24, 2.45) is 0 Å². The SMILES string of the molecule is Cc1ccc(S(=O)(=O)N2CCN(Cc3cccc(C(=O)Nc4ccc(Cl)c(C(F)(F)F)c4)c3)CC2)cc1. The summed E-state index contributed by atoms with van der Waals surface area (Å²) in [4.78, 5) is 15.1. The molecule has 1 N–H and O–H groups in total. The van der Waals surface area contributed by atoms with Crippen LogP contribution in [-0.2, 0) is 22.7 Å². The molecule has 0 unspecified atom stereocenters. The van der Waals surface area contributed by atoms with Gasteiger partial charge >= 0.3 is 6.18 Å². The normalized spacial score (nSPS) is 15.5. The van der Waals surface area contributed by atoms with Gasteiger partial charge < -0.3 is 5.32 Å². The lowest BCUT2D eigenvalue weighted by atomic mass is 10.1. The summed E-state index contributed by atoms with van der Waals surface area (Å²) >= 11 is 5.64. The fraction of sp³-hybridized carbons (Fsp3) is 0.269. The first-order valence-electron chi connectivity index (χ1n) is 11.5. The van der Waals surface area contributed by atoms with Crippen molar-refractivity contribution in [3.8, 4) is 0 Å². The summed E-state index contributed by atoms with van der Waals surface area (Å²) < 4.78 is 66.7. The molecule has 0 spiro atoms. The monoisotopic (exact) mass is 551 g/mol. The molecule has 1 amide bonds. The number of halogens is 4. The van der Waals surface area contributed by atoms with Crippen molar-refractivity contribution >= 4 is 33.2 Å². The second-order valence-corrected chi connectivity index (χ2v) is 11.2. The van der Waals surface area contributed by atoms with E-state index < -0.39 is 32.7 Å². The van der Waals surface area contributed by atoms with Crippen LogP contribution in [0, 0.1) is 6.92 Å². The fourth-order valence-corrected chi connectivity index (χ4v) is 5.73. The van der Waals surface area contributed by atoms with Crippen LogP contribution in [0.2, 0.25) is 5.02 Å². The maximum atomic E-state index is 13.1. The molecule has 1 heterocycles. The van der Waals surface area contributed by atoms with Crippen molar-refractivity contribution in [2.75, 3.05) is 31.5 Å². The van der Waals surface area contributed by atoms with E-state index in [1.54, 1.807) is 42.5 Å². The number of sulfonamides is 1. The molecule has 0 radical (unpaired) electrons. The van der Waals surface area contributed by atoms with Gasteiger partial charge in [0, 0.05) is 44.0 Å². The average molecular weight is 552 g/mol. The molecule has 196 valence electrons. The van der Waals surface area contributed by atoms with Crippen molar-refractivity contribution in [2.45, 2.75) is 24.5 Å². The molecule has 3 aromatic rings. The Morgan fingerprint density at radius 3 is 2.30 bits per heavy atom. The van der Waals surface area contributed by atoms with Gasteiger partial charge in [-0.2, -0.15) is 17.5 Å². The van der Waals surface area contributed by atoms with Gasteiger partial charge in [-0.1, -0.05) is 41.4 Å². The lowest BCUT2D eigenvalue weighted by molar-refractivity contribution is -0.137. The second-order valence-electron chi connectivity index (χ2n) is 8.84. The molecule has 0 bridgehead atoms. The first-order valence-corrected chi connectivity index (χ1v) is 13.3. The minimum atomic E-state index is -4.64. The Labute approximate surface area is 218 Å². The topological polar surface area (TPSA) is 69.7 Å². The third-order valence-electron chi connectivity index (χ3n) is 6.11. The zero-order valence-corrected chi connectivity index (χ0v) is 21.5. The Morgan fingerprint density at radius 2 is 1.65 bits per heavy atom. The highest BCUT2D eigenvalue weighted by molar-refractivity contribution is 7.89. The number of rotatable bonds is 6. The zero-order chi connectivity index (χ0) is 26.8. The Balaban J connectivity index is 1.38. The van der Waals surface area contributed by atoms with Crippen LogP contribution in [0.3, 0.4) is 0 Å². The van der Waals surface area contributed by atoms with Crippen LogP contribution in [0.5, 0.6) is 0 Å². The second kappa shape index (κ2) is 10.8. The van der Waals surface area contributed by atoms with Crippen LogP contribution in [0.4, 0.5) is 18.9 Å². The largest absolute Gasteiger partial charge is 0.417 e. The summed E-state index contributed by atoms with van der Waals surface area (Å²) in [5.74, 6) is -0.550. The van der Waals surface area contributed by atoms with Gasteiger partial charge in [0.15, 0.2) is 0 Å². The van der Waals surface area contributed by atoms with Gasteiger partial charge in [-0.15, -0.1) is 0 Å². The highest BCUT2D eigenvalue weighted by atomic mass is 35.5. The van der Waals surface area contributed by atoms with Gasteiger partial charge in [0.25, 0.3) is 5.91 Å². The molecule has 1 fully saturated rings. The van der Waals surface area contributed by atoms with E-state index in [0.29, 0.717) is 38.3 Å². The Morgan fingerprint density at radius 1 is 0.973 bits per heavy atom. The van der Waals surface area contributed by atoms with Crippen LogP contribution in [0.25, 0.3) is 0 Å². The van der Waals surface area contributed by atoms with Crippen LogP contribution in [0.1, 0.15) is 27.0 Å². The summed E-state index contributed by atoms with van der Waals surface area (Å²) in [5.41, 5.74) is 1.07. The molecule has 0 saturated carbocycles. The molecule has 6 nitrogen and oxygen atoms in total. The predicted octanol–water partition coefficient (Wildman–Crippen LogP) is 5.43. The summed E-state index contributed by atoms with van der Waals surface area (Å²) in [6.07, 6.45) is -4.64. The van der Waals surface area contributed by atoms with E-state index in [0.717, 1.165) is 23.3 Å². The summed E-state index contributed by atoms with van der Waals surface area (Å²) in [6.45, 7) is 4.12. The van der Waals surface area contributed by atoms with Crippen molar-refractivity contribution in [3.63, 3.8) is 0 Å². The van der Waals surface area contributed by atoms with E-state index in [4.69, 9.17) is 11.6 Å². The molecule has 37 heavy (non-hydrogen) atoms. The summed E-state index contributed by atoms with van der Waals surface area (Å²) in [7, 11) is -3.56. The van der Waals surface area contributed by atoms with E-state index in [2.05, 4.69) is 10.2 Å². The van der Waals surface area contributed by atoms with Crippen molar-refractivity contribution in [1.29, 1.82) is 0 Å². The number of amides is 1. The average Bonchev–Trinajstić information content (AvgIpc) is 2.85. The van der Waals surface area contributed by atoms with Gasteiger partial charge in [0.05, 0.1) is 15.5 Å². The zero-order valence-electron chi connectivity index (χ0n) is 19.9. The lowest BCUT2D eigenvalue weighted by Gasteiger charge is -2.34. The number of benzene rings is 3. The maximum Gasteiger partial charge on any atom is 0.417 e. The third-order valence-corrected chi connectivity index (χ3v) is 8.36. The molecular weight excluding hydrogens is 527 g/mol. The number of nitrogens with zero attached hydrogens (tertiary/aromatic N) is 2.